The van der Waals surface area contributed by atoms with Crippen LogP contribution in [-0.2, 0) is 46.4 Å². The number of amides is 1. The van der Waals surface area contributed by atoms with Crippen molar-refractivity contribution in [2.75, 3.05) is 13.2 Å². The Labute approximate surface area is 261 Å². The number of esters is 3. The molecule has 1 saturated heterocycles. The molecule has 3 unspecified atom stereocenters. The Balaban J connectivity index is 1.48. The van der Waals surface area contributed by atoms with Crippen LogP contribution in [0.25, 0.3) is 0 Å². The molecule has 2 aromatic carbocycles. The van der Waals surface area contributed by atoms with Crippen LogP contribution in [0.1, 0.15) is 83.8 Å². The van der Waals surface area contributed by atoms with Crippen molar-refractivity contribution >= 4 is 23.8 Å². The van der Waals surface area contributed by atoms with Gasteiger partial charge >= 0.3 is 17.9 Å². The minimum atomic E-state index is -0.704. The number of nitrogens with zero attached hydrogens (tertiary/aromatic N) is 1. The zero-order valence-electron chi connectivity index (χ0n) is 26.6. The van der Waals surface area contributed by atoms with Crippen molar-refractivity contribution in [1.82, 2.24) is 10.2 Å². The molecule has 0 bridgehead atoms. The van der Waals surface area contributed by atoms with Crippen molar-refractivity contribution < 1.29 is 33.4 Å². The van der Waals surface area contributed by atoms with Crippen LogP contribution in [0.5, 0.6) is 0 Å². The van der Waals surface area contributed by atoms with Crippen LogP contribution in [0.2, 0.25) is 0 Å². The summed E-state index contributed by atoms with van der Waals surface area (Å²) >= 11 is 0. The highest BCUT2D eigenvalue weighted by atomic mass is 16.6. The van der Waals surface area contributed by atoms with Gasteiger partial charge in [-0.15, -0.1) is 0 Å². The monoisotopic (exact) mass is 608 g/mol. The number of hydrogen-bond donors (Lipinski definition) is 1. The molecule has 0 aromatic heterocycles. The standard InChI is InChI=1S/C35H48N2O7/c1-26(32(39)37-23-14-19-30(37)34(41)44-35(2,3)4)36-29(22-21-27-15-8-5-9-16-27)33(40)42-24-13-7-12-20-31(38)43-25-28-17-10-6-11-18-28/h5-6,8-11,15-18,26,29-30,36H,7,12-14,19-25H2,1-4H3. The quantitative estimate of drug-likeness (QED) is 0.158. The topological polar surface area (TPSA) is 111 Å². The molecule has 0 saturated carbocycles. The number of rotatable bonds is 16. The van der Waals surface area contributed by atoms with Crippen LogP contribution in [0.3, 0.4) is 0 Å². The number of likely N-dealkylation sites (tertiary alicyclic amines) is 1. The summed E-state index contributed by atoms with van der Waals surface area (Å²) in [6.07, 6.45) is 4.62. The fraction of sp³-hybridized carbons (Fsp3) is 0.543. The highest BCUT2D eigenvalue weighted by Gasteiger charge is 2.39. The Morgan fingerprint density at radius 2 is 1.57 bits per heavy atom. The first-order valence-electron chi connectivity index (χ1n) is 15.7. The number of benzene rings is 2. The summed E-state index contributed by atoms with van der Waals surface area (Å²) < 4.78 is 16.5. The first-order chi connectivity index (χ1) is 21.0. The molecule has 9 heteroatoms. The molecule has 3 atom stereocenters. The third kappa shape index (κ3) is 12.1. The van der Waals surface area contributed by atoms with Gasteiger partial charge in [0, 0.05) is 13.0 Å². The van der Waals surface area contributed by atoms with E-state index in [0.717, 1.165) is 11.1 Å². The second-order valence-corrected chi connectivity index (χ2v) is 12.3. The van der Waals surface area contributed by atoms with Crippen molar-refractivity contribution in [3.63, 3.8) is 0 Å². The molecule has 0 aliphatic carbocycles. The summed E-state index contributed by atoms with van der Waals surface area (Å²) in [5.74, 6) is -1.32. The highest BCUT2D eigenvalue weighted by Crippen LogP contribution is 2.22. The summed E-state index contributed by atoms with van der Waals surface area (Å²) in [5, 5.41) is 3.19. The second-order valence-electron chi connectivity index (χ2n) is 12.3. The van der Waals surface area contributed by atoms with Gasteiger partial charge in [0.15, 0.2) is 0 Å². The van der Waals surface area contributed by atoms with Gasteiger partial charge in [-0.05, 0) is 83.8 Å². The number of carbonyl (C=O) groups is 4. The van der Waals surface area contributed by atoms with E-state index in [4.69, 9.17) is 14.2 Å². The largest absolute Gasteiger partial charge is 0.465 e. The predicted molar refractivity (Wildman–Crippen MR) is 167 cm³/mol. The van der Waals surface area contributed by atoms with Gasteiger partial charge in [-0.25, -0.2) is 4.79 Å². The van der Waals surface area contributed by atoms with Crippen LogP contribution < -0.4 is 5.32 Å². The number of nitrogens with one attached hydrogen (secondary N) is 1. The third-order valence-electron chi connectivity index (χ3n) is 7.40. The SMILES string of the molecule is CC(NC(CCc1ccccc1)C(=O)OCCCCCC(=O)OCc1ccccc1)C(=O)N1CCCC1C(=O)OC(C)(C)C. The van der Waals surface area contributed by atoms with Gasteiger partial charge in [-0.3, -0.25) is 19.7 Å². The van der Waals surface area contributed by atoms with E-state index in [1.54, 1.807) is 32.6 Å². The summed E-state index contributed by atoms with van der Waals surface area (Å²) in [4.78, 5) is 53.0. The third-order valence-corrected chi connectivity index (χ3v) is 7.40. The van der Waals surface area contributed by atoms with Gasteiger partial charge in [-0.1, -0.05) is 60.7 Å². The van der Waals surface area contributed by atoms with Crippen molar-refractivity contribution in [2.24, 2.45) is 0 Å². The van der Waals surface area contributed by atoms with Crippen LogP contribution in [0, 0.1) is 0 Å². The smallest absolute Gasteiger partial charge is 0.329 e. The summed E-state index contributed by atoms with van der Waals surface area (Å²) in [7, 11) is 0. The highest BCUT2D eigenvalue weighted by molar-refractivity contribution is 5.88. The maximum atomic E-state index is 13.4. The maximum Gasteiger partial charge on any atom is 0.329 e. The molecule has 3 rings (SSSR count). The summed E-state index contributed by atoms with van der Waals surface area (Å²) in [5.41, 5.74) is 1.38. The molecule has 1 heterocycles. The fourth-order valence-electron chi connectivity index (χ4n) is 5.12. The molecule has 1 aliphatic rings. The molecule has 1 N–H and O–H groups in total. The number of aryl methyl sites for hydroxylation is 1. The van der Waals surface area contributed by atoms with E-state index in [0.29, 0.717) is 57.9 Å². The molecule has 9 nitrogen and oxygen atoms in total. The average molecular weight is 609 g/mol. The van der Waals surface area contributed by atoms with Gasteiger partial charge in [0.25, 0.3) is 0 Å². The predicted octanol–water partition coefficient (Wildman–Crippen LogP) is 5.15. The Kier molecular flexibility index (Phi) is 13.9. The van der Waals surface area contributed by atoms with E-state index < -0.39 is 35.7 Å². The summed E-state index contributed by atoms with van der Waals surface area (Å²) in [6, 6.07) is 17.3. The zero-order valence-corrected chi connectivity index (χ0v) is 26.6. The minimum absolute atomic E-state index is 0.219. The maximum absolute atomic E-state index is 13.4. The van der Waals surface area contributed by atoms with E-state index in [-0.39, 0.29) is 25.1 Å². The fourth-order valence-corrected chi connectivity index (χ4v) is 5.12. The Morgan fingerprint density at radius 1 is 0.909 bits per heavy atom. The Hall–Kier alpha value is -3.72. The Bertz CT molecular complexity index is 1200. The number of unbranched alkanes of at least 4 members (excludes halogenated alkanes) is 2. The van der Waals surface area contributed by atoms with Gasteiger partial charge in [0.05, 0.1) is 12.6 Å². The molecule has 0 spiro atoms. The molecular weight excluding hydrogens is 560 g/mol. The summed E-state index contributed by atoms with van der Waals surface area (Å²) in [6.45, 7) is 8.08. The first kappa shape index (κ1) is 34.8. The Morgan fingerprint density at radius 3 is 2.23 bits per heavy atom. The first-order valence-corrected chi connectivity index (χ1v) is 15.7. The zero-order chi connectivity index (χ0) is 32.0. The van der Waals surface area contributed by atoms with E-state index in [9.17, 15) is 19.2 Å². The number of carbonyl (C=O) groups excluding carboxylic acids is 4. The molecular formula is C35H48N2O7. The molecule has 1 amide bonds. The molecule has 44 heavy (non-hydrogen) atoms. The second kappa shape index (κ2) is 17.5. The minimum Gasteiger partial charge on any atom is -0.465 e. The van der Waals surface area contributed by atoms with Gasteiger partial charge in [0.1, 0.15) is 24.3 Å². The van der Waals surface area contributed by atoms with Crippen LogP contribution >= 0.6 is 0 Å². The van der Waals surface area contributed by atoms with Crippen molar-refractivity contribution in [3.8, 4) is 0 Å². The van der Waals surface area contributed by atoms with Gasteiger partial charge in [0.2, 0.25) is 5.91 Å². The van der Waals surface area contributed by atoms with E-state index in [1.165, 1.54) is 0 Å². The van der Waals surface area contributed by atoms with Crippen molar-refractivity contribution in [3.05, 3.63) is 71.8 Å². The van der Waals surface area contributed by atoms with E-state index >= 15 is 0 Å². The van der Waals surface area contributed by atoms with Crippen molar-refractivity contribution in [1.29, 1.82) is 0 Å². The van der Waals surface area contributed by atoms with Crippen LogP contribution in [0.4, 0.5) is 0 Å². The molecule has 1 aliphatic heterocycles. The molecule has 2 aromatic rings. The lowest BCUT2D eigenvalue weighted by molar-refractivity contribution is -0.163. The van der Waals surface area contributed by atoms with Gasteiger partial charge in [-0.2, -0.15) is 0 Å². The van der Waals surface area contributed by atoms with Crippen LogP contribution in [0.15, 0.2) is 60.7 Å². The normalized spacial score (nSPS) is 16.2. The lowest BCUT2D eigenvalue weighted by Crippen LogP contribution is -2.54. The number of ether oxygens (including phenoxy) is 3. The van der Waals surface area contributed by atoms with Crippen molar-refractivity contribution in [2.45, 2.75) is 109 Å². The number of hydrogen-bond acceptors (Lipinski definition) is 8. The van der Waals surface area contributed by atoms with E-state index in [2.05, 4.69) is 5.32 Å². The molecule has 0 radical (unpaired) electrons. The van der Waals surface area contributed by atoms with Gasteiger partial charge < -0.3 is 19.1 Å². The lowest BCUT2D eigenvalue weighted by Gasteiger charge is -2.30. The molecule has 240 valence electrons. The average Bonchev–Trinajstić information content (AvgIpc) is 3.50. The lowest BCUT2D eigenvalue weighted by atomic mass is 10.0. The van der Waals surface area contributed by atoms with Crippen LogP contribution in [-0.4, -0.2) is 65.6 Å². The molecule has 1 fully saturated rings. The van der Waals surface area contributed by atoms with E-state index in [1.807, 2.05) is 60.7 Å².